The fourth-order valence-corrected chi connectivity index (χ4v) is 5.04. The van der Waals surface area contributed by atoms with E-state index < -0.39 is 0 Å². The van der Waals surface area contributed by atoms with E-state index in [1.165, 1.54) is 36.6 Å². The Morgan fingerprint density at radius 1 is 1.17 bits per heavy atom. The van der Waals surface area contributed by atoms with Crippen LogP contribution in [0.1, 0.15) is 47.2 Å². The Morgan fingerprint density at radius 3 is 2.63 bits per heavy atom. The Bertz CT molecular complexity index is 1050. The molecule has 1 atom stereocenters. The summed E-state index contributed by atoms with van der Waals surface area (Å²) >= 11 is 5.07. The number of benzene rings is 1. The molecule has 1 N–H and O–H groups in total. The molecule has 2 aromatic heterocycles. The summed E-state index contributed by atoms with van der Waals surface area (Å²) in [5.74, 6) is -0.311. The Morgan fingerprint density at radius 2 is 1.93 bits per heavy atom. The van der Waals surface area contributed by atoms with Gasteiger partial charge in [-0.1, -0.05) is 34.8 Å². The smallest absolute Gasteiger partial charge is 0.287 e. The molecule has 0 spiro atoms. The third-order valence-electron chi connectivity index (χ3n) is 5.32. The van der Waals surface area contributed by atoms with Gasteiger partial charge in [0.25, 0.3) is 5.91 Å². The van der Waals surface area contributed by atoms with Crippen LogP contribution in [0, 0.1) is 0 Å². The second-order valence-electron chi connectivity index (χ2n) is 7.31. The van der Waals surface area contributed by atoms with Gasteiger partial charge in [0.2, 0.25) is 0 Å². The fraction of sp³-hybridized carbons (Fsp3) is 0.364. The third kappa shape index (κ3) is 5.32. The van der Waals surface area contributed by atoms with Crippen LogP contribution in [0.2, 0.25) is 0 Å². The summed E-state index contributed by atoms with van der Waals surface area (Å²) in [7, 11) is 0. The van der Waals surface area contributed by atoms with Crippen LogP contribution in [-0.2, 0) is 0 Å². The van der Waals surface area contributed by atoms with E-state index in [0.717, 1.165) is 17.6 Å². The first kappa shape index (κ1) is 23.0. The maximum Gasteiger partial charge on any atom is 0.287 e. The molecular formula is C22H24BrClN2O3S. The average molecular weight is 512 g/mol. The molecule has 160 valence electrons. The fourth-order valence-electron chi connectivity index (χ4n) is 3.81. The predicted octanol–water partition coefficient (Wildman–Crippen LogP) is 5.39. The van der Waals surface area contributed by atoms with Gasteiger partial charge in [0.15, 0.2) is 11.2 Å². The number of halogens is 2. The SMILES string of the molecule is Cl.O=C(NCC(c1cccs1)N1CCCCCC1)c1cc(=O)c2cc(Br)ccc2o1. The number of amides is 1. The molecule has 1 aromatic carbocycles. The number of hydrogen-bond donors (Lipinski definition) is 1. The molecule has 4 rings (SSSR count). The predicted molar refractivity (Wildman–Crippen MR) is 127 cm³/mol. The molecular weight excluding hydrogens is 488 g/mol. The summed E-state index contributed by atoms with van der Waals surface area (Å²) in [6, 6.07) is 10.8. The van der Waals surface area contributed by atoms with Crippen molar-refractivity contribution >= 4 is 56.6 Å². The highest BCUT2D eigenvalue weighted by molar-refractivity contribution is 9.10. The normalized spacial score (nSPS) is 15.9. The lowest BCUT2D eigenvalue weighted by molar-refractivity contribution is 0.0907. The van der Waals surface area contributed by atoms with Crippen LogP contribution < -0.4 is 10.7 Å². The van der Waals surface area contributed by atoms with Gasteiger partial charge < -0.3 is 9.73 Å². The monoisotopic (exact) mass is 510 g/mol. The zero-order valence-electron chi connectivity index (χ0n) is 16.4. The number of nitrogens with zero attached hydrogens (tertiary/aromatic N) is 1. The minimum atomic E-state index is -0.358. The lowest BCUT2D eigenvalue weighted by atomic mass is 10.1. The van der Waals surface area contributed by atoms with Crippen molar-refractivity contribution in [2.45, 2.75) is 31.7 Å². The number of likely N-dealkylation sites (tertiary alicyclic amines) is 1. The van der Waals surface area contributed by atoms with Gasteiger partial charge >= 0.3 is 0 Å². The summed E-state index contributed by atoms with van der Waals surface area (Å²) in [5.41, 5.74) is 0.188. The maximum atomic E-state index is 12.8. The molecule has 5 nitrogen and oxygen atoms in total. The van der Waals surface area contributed by atoms with E-state index in [9.17, 15) is 9.59 Å². The zero-order chi connectivity index (χ0) is 20.2. The van der Waals surface area contributed by atoms with Crippen molar-refractivity contribution in [3.8, 4) is 0 Å². The Balaban J connectivity index is 0.00000256. The summed E-state index contributed by atoms with van der Waals surface area (Å²) in [6.07, 6.45) is 4.90. The summed E-state index contributed by atoms with van der Waals surface area (Å²) < 4.78 is 6.50. The van der Waals surface area contributed by atoms with Gasteiger partial charge in [-0.3, -0.25) is 14.5 Å². The van der Waals surface area contributed by atoms with Crippen LogP contribution in [-0.4, -0.2) is 30.4 Å². The number of nitrogens with one attached hydrogen (secondary N) is 1. The standard InChI is InChI=1S/C22H23BrN2O3S.ClH/c23-15-7-8-19-16(12-15)18(26)13-20(28-19)22(27)24-14-17(21-6-5-11-29-21)25-9-3-1-2-4-10-25;/h5-8,11-13,17H,1-4,9-10,14H2,(H,24,27);1H. The summed E-state index contributed by atoms with van der Waals surface area (Å²) in [6.45, 7) is 2.57. The Labute approximate surface area is 194 Å². The third-order valence-corrected chi connectivity index (χ3v) is 6.79. The highest BCUT2D eigenvalue weighted by atomic mass is 79.9. The number of fused-ring (bicyclic) bond motifs is 1. The van der Waals surface area contributed by atoms with Crippen LogP contribution in [0.3, 0.4) is 0 Å². The average Bonchev–Trinajstić information content (AvgIpc) is 3.11. The summed E-state index contributed by atoms with van der Waals surface area (Å²) in [5, 5.41) is 5.52. The first-order valence-electron chi connectivity index (χ1n) is 9.91. The Hall–Kier alpha value is -1.67. The largest absolute Gasteiger partial charge is 0.451 e. The van der Waals surface area contributed by atoms with E-state index >= 15 is 0 Å². The molecule has 30 heavy (non-hydrogen) atoms. The molecule has 1 saturated heterocycles. The van der Waals surface area contributed by atoms with Crippen LogP contribution in [0.25, 0.3) is 11.0 Å². The van der Waals surface area contributed by atoms with Crippen molar-refractivity contribution in [1.82, 2.24) is 10.2 Å². The van der Waals surface area contributed by atoms with E-state index in [1.54, 1.807) is 29.5 Å². The van der Waals surface area contributed by atoms with Crippen molar-refractivity contribution in [3.05, 3.63) is 67.1 Å². The van der Waals surface area contributed by atoms with Crippen molar-refractivity contribution < 1.29 is 9.21 Å². The molecule has 1 unspecified atom stereocenters. The van der Waals surface area contributed by atoms with Gasteiger partial charge in [-0.05, 0) is 55.6 Å². The minimum Gasteiger partial charge on any atom is -0.451 e. The lowest BCUT2D eigenvalue weighted by Crippen LogP contribution is -2.38. The molecule has 3 aromatic rings. The molecule has 1 amide bonds. The highest BCUT2D eigenvalue weighted by Gasteiger charge is 2.24. The molecule has 8 heteroatoms. The molecule has 3 heterocycles. The number of rotatable bonds is 5. The first-order valence-corrected chi connectivity index (χ1v) is 11.6. The van der Waals surface area contributed by atoms with E-state index in [0.29, 0.717) is 17.5 Å². The highest BCUT2D eigenvalue weighted by Crippen LogP contribution is 2.27. The minimum absolute atomic E-state index is 0. The molecule has 0 saturated carbocycles. The van der Waals surface area contributed by atoms with Crippen LogP contribution in [0.5, 0.6) is 0 Å². The molecule has 0 radical (unpaired) electrons. The molecule has 1 aliphatic heterocycles. The van der Waals surface area contributed by atoms with Crippen LogP contribution in [0.15, 0.2) is 55.5 Å². The van der Waals surface area contributed by atoms with E-state index in [2.05, 4.69) is 37.6 Å². The lowest BCUT2D eigenvalue weighted by Gasteiger charge is -2.30. The second kappa shape index (κ2) is 10.6. The summed E-state index contributed by atoms with van der Waals surface area (Å²) in [4.78, 5) is 28.9. The number of hydrogen-bond acceptors (Lipinski definition) is 5. The zero-order valence-corrected chi connectivity index (χ0v) is 19.7. The van der Waals surface area contributed by atoms with Crippen molar-refractivity contribution in [1.29, 1.82) is 0 Å². The van der Waals surface area contributed by atoms with Gasteiger partial charge in [-0.15, -0.1) is 23.7 Å². The van der Waals surface area contributed by atoms with Crippen molar-refractivity contribution in [2.75, 3.05) is 19.6 Å². The van der Waals surface area contributed by atoms with E-state index in [1.807, 2.05) is 6.07 Å². The van der Waals surface area contributed by atoms with Gasteiger partial charge in [0.1, 0.15) is 5.58 Å². The molecule has 0 aliphatic carbocycles. The van der Waals surface area contributed by atoms with Gasteiger partial charge in [-0.2, -0.15) is 0 Å². The van der Waals surface area contributed by atoms with Crippen LogP contribution >= 0.6 is 39.7 Å². The van der Waals surface area contributed by atoms with Crippen molar-refractivity contribution in [3.63, 3.8) is 0 Å². The van der Waals surface area contributed by atoms with Gasteiger partial charge in [0.05, 0.1) is 11.4 Å². The molecule has 1 aliphatic rings. The van der Waals surface area contributed by atoms with Gasteiger partial charge in [-0.25, -0.2) is 0 Å². The number of carbonyl (C=O) groups excluding carboxylic acids is 1. The molecule has 1 fully saturated rings. The second-order valence-corrected chi connectivity index (χ2v) is 9.20. The van der Waals surface area contributed by atoms with E-state index in [4.69, 9.17) is 4.42 Å². The number of thiophene rings is 1. The first-order chi connectivity index (χ1) is 14.1. The van der Waals surface area contributed by atoms with Crippen LogP contribution in [0.4, 0.5) is 0 Å². The maximum absolute atomic E-state index is 12.8. The number of carbonyl (C=O) groups is 1. The van der Waals surface area contributed by atoms with Crippen molar-refractivity contribution in [2.24, 2.45) is 0 Å². The van der Waals surface area contributed by atoms with E-state index in [-0.39, 0.29) is 35.5 Å². The van der Waals surface area contributed by atoms with Gasteiger partial charge in [0, 0.05) is 22.0 Å². The Kier molecular flexibility index (Phi) is 8.11. The molecule has 0 bridgehead atoms. The topological polar surface area (TPSA) is 62.6 Å². The quantitative estimate of drug-likeness (QED) is 0.499.